The van der Waals surface area contributed by atoms with E-state index in [1.807, 2.05) is 0 Å². The molecule has 0 saturated carbocycles. The molecule has 1 saturated heterocycles. The standard InChI is InChI=1S/C16H30N4/c1-4-9-17-12-15-8-6-7-10-20(15)13-16-11-14(5-2)18-19(16)3/h11,15,17H,4-10,12-13H2,1-3H3. The van der Waals surface area contributed by atoms with Gasteiger partial charge in [0.05, 0.1) is 11.4 Å². The van der Waals surface area contributed by atoms with Crippen LogP contribution in [-0.2, 0) is 20.0 Å². The molecule has 1 aliphatic heterocycles. The normalized spacial score (nSPS) is 20.4. The van der Waals surface area contributed by atoms with Gasteiger partial charge in [-0.3, -0.25) is 9.58 Å². The molecule has 2 rings (SSSR count). The lowest BCUT2D eigenvalue weighted by molar-refractivity contribution is 0.134. The van der Waals surface area contributed by atoms with Crippen LogP contribution in [-0.4, -0.2) is 40.4 Å². The highest BCUT2D eigenvalue weighted by atomic mass is 15.3. The van der Waals surface area contributed by atoms with E-state index >= 15 is 0 Å². The number of hydrogen-bond acceptors (Lipinski definition) is 3. The second-order valence-corrected chi connectivity index (χ2v) is 5.93. The predicted molar refractivity (Wildman–Crippen MR) is 83.8 cm³/mol. The highest BCUT2D eigenvalue weighted by Gasteiger charge is 2.23. The van der Waals surface area contributed by atoms with Gasteiger partial charge in [-0.25, -0.2) is 0 Å². The Hall–Kier alpha value is -0.870. The first-order chi connectivity index (χ1) is 9.74. The van der Waals surface area contributed by atoms with Gasteiger partial charge in [0.1, 0.15) is 0 Å². The van der Waals surface area contributed by atoms with Gasteiger partial charge in [0.15, 0.2) is 0 Å². The highest BCUT2D eigenvalue weighted by Crippen LogP contribution is 2.19. The summed E-state index contributed by atoms with van der Waals surface area (Å²) in [6.07, 6.45) is 6.28. The first kappa shape index (κ1) is 15.5. The number of nitrogens with zero attached hydrogens (tertiary/aromatic N) is 3. The van der Waals surface area contributed by atoms with Crippen LogP contribution < -0.4 is 5.32 Å². The van der Waals surface area contributed by atoms with Crippen molar-refractivity contribution in [2.75, 3.05) is 19.6 Å². The van der Waals surface area contributed by atoms with Crippen LogP contribution in [0.4, 0.5) is 0 Å². The molecule has 4 heteroatoms. The fourth-order valence-electron chi connectivity index (χ4n) is 3.05. The van der Waals surface area contributed by atoms with E-state index in [0.29, 0.717) is 6.04 Å². The Labute approximate surface area is 123 Å². The van der Waals surface area contributed by atoms with Crippen LogP contribution in [0.3, 0.4) is 0 Å². The van der Waals surface area contributed by atoms with Gasteiger partial charge in [-0.05, 0) is 44.8 Å². The summed E-state index contributed by atoms with van der Waals surface area (Å²) in [5.41, 5.74) is 2.56. The minimum atomic E-state index is 0.690. The van der Waals surface area contributed by atoms with Crippen LogP contribution in [0.1, 0.15) is 50.9 Å². The van der Waals surface area contributed by atoms with Crippen LogP contribution in [0.5, 0.6) is 0 Å². The smallest absolute Gasteiger partial charge is 0.0625 e. The molecule has 2 heterocycles. The van der Waals surface area contributed by atoms with Gasteiger partial charge in [0.25, 0.3) is 0 Å². The molecule has 0 aromatic carbocycles. The maximum absolute atomic E-state index is 4.57. The number of rotatable bonds is 7. The molecule has 0 spiro atoms. The summed E-state index contributed by atoms with van der Waals surface area (Å²) in [6.45, 7) is 8.94. The van der Waals surface area contributed by atoms with Gasteiger partial charge in [-0.1, -0.05) is 20.3 Å². The fraction of sp³-hybridized carbons (Fsp3) is 0.812. The van der Waals surface area contributed by atoms with E-state index in [2.05, 4.69) is 47.0 Å². The summed E-state index contributed by atoms with van der Waals surface area (Å²) in [4.78, 5) is 2.64. The van der Waals surface area contributed by atoms with Gasteiger partial charge >= 0.3 is 0 Å². The van der Waals surface area contributed by atoms with Crippen molar-refractivity contribution in [1.29, 1.82) is 0 Å². The van der Waals surface area contributed by atoms with Crippen molar-refractivity contribution in [3.05, 3.63) is 17.5 Å². The number of hydrogen-bond donors (Lipinski definition) is 1. The predicted octanol–water partition coefficient (Wildman–Crippen LogP) is 2.34. The molecule has 1 aromatic heterocycles. The first-order valence-electron chi connectivity index (χ1n) is 8.21. The zero-order chi connectivity index (χ0) is 14.4. The third-order valence-corrected chi connectivity index (χ3v) is 4.31. The first-order valence-corrected chi connectivity index (χ1v) is 8.21. The lowest BCUT2D eigenvalue weighted by Crippen LogP contribution is -2.45. The largest absolute Gasteiger partial charge is 0.315 e. The monoisotopic (exact) mass is 278 g/mol. The molecule has 1 aliphatic rings. The average molecular weight is 278 g/mol. The lowest BCUT2D eigenvalue weighted by atomic mass is 10.0. The van der Waals surface area contributed by atoms with Crippen molar-refractivity contribution in [3.63, 3.8) is 0 Å². The zero-order valence-corrected chi connectivity index (χ0v) is 13.4. The summed E-state index contributed by atoms with van der Waals surface area (Å²) in [5, 5.41) is 8.16. The second kappa shape index (κ2) is 7.79. The molecule has 4 nitrogen and oxygen atoms in total. The van der Waals surface area contributed by atoms with E-state index in [1.165, 1.54) is 43.6 Å². The van der Waals surface area contributed by atoms with E-state index in [1.54, 1.807) is 0 Å². The Morgan fingerprint density at radius 2 is 2.20 bits per heavy atom. The summed E-state index contributed by atoms with van der Waals surface area (Å²) in [5.74, 6) is 0. The number of aromatic nitrogens is 2. The van der Waals surface area contributed by atoms with Gasteiger partial charge in [-0.2, -0.15) is 5.10 Å². The van der Waals surface area contributed by atoms with E-state index in [4.69, 9.17) is 0 Å². The molecule has 0 amide bonds. The van der Waals surface area contributed by atoms with Crippen molar-refractivity contribution in [2.45, 2.75) is 58.5 Å². The maximum Gasteiger partial charge on any atom is 0.0625 e. The second-order valence-electron chi connectivity index (χ2n) is 5.93. The molecule has 1 fully saturated rings. The summed E-state index contributed by atoms with van der Waals surface area (Å²) < 4.78 is 2.06. The van der Waals surface area contributed by atoms with Crippen molar-refractivity contribution in [2.24, 2.45) is 7.05 Å². The molecule has 1 atom stereocenters. The third-order valence-electron chi connectivity index (χ3n) is 4.31. The highest BCUT2D eigenvalue weighted by molar-refractivity contribution is 5.10. The summed E-state index contributed by atoms with van der Waals surface area (Å²) >= 11 is 0. The van der Waals surface area contributed by atoms with E-state index in [9.17, 15) is 0 Å². The molecule has 0 aliphatic carbocycles. The minimum absolute atomic E-state index is 0.690. The van der Waals surface area contributed by atoms with Gasteiger partial charge in [0, 0.05) is 26.2 Å². The van der Waals surface area contributed by atoms with E-state index in [0.717, 1.165) is 26.1 Å². The summed E-state index contributed by atoms with van der Waals surface area (Å²) in [6, 6.07) is 2.96. The lowest BCUT2D eigenvalue weighted by Gasteiger charge is -2.35. The number of piperidine rings is 1. The average Bonchev–Trinajstić information content (AvgIpc) is 2.81. The maximum atomic E-state index is 4.57. The van der Waals surface area contributed by atoms with Gasteiger partial charge in [0.2, 0.25) is 0 Å². The SMILES string of the molecule is CCCNCC1CCCCN1Cc1cc(CC)nn1C. The van der Waals surface area contributed by atoms with Crippen molar-refractivity contribution in [3.8, 4) is 0 Å². The number of aryl methyl sites for hydroxylation is 2. The van der Waals surface area contributed by atoms with E-state index < -0.39 is 0 Å². The number of likely N-dealkylation sites (tertiary alicyclic amines) is 1. The molecule has 0 bridgehead atoms. The Morgan fingerprint density at radius 3 is 2.90 bits per heavy atom. The van der Waals surface area contributed by atoms with Gasteiger partial charge < -0.3 is 5.32 Å². The zero-order valence-electron chi connectivity index (χ0n) is 13.4. The summed E-state index contributed by atoms with van der Waals surface area (Å²) in [7, 11) is 2.07. The molecule has 0 radical (unpaired) electrons. The fourth-order valence-corrected chi connectivity index (χ4v) is 3.05. The Kier molecular flexibility index (Phi) is 6.05. The van der Waals surface area contributed by atoms with E-state index in [-0.39, 0.29) is 0 Å². The Bertz CT molecular complexity index is 399. The molecular weight excluding hydrogens is 248 g/mol. The molecule has 1 N–H and O–H groups in total. The van der Waals surface area contributed by atoms with Crippen LogP contribution >= 0.6 is 0 Å². The van der Waals surface area contributed by atoms with Crippen LogP contribution in [0.2, 0.25) is 0 Å². The van der Waals surface area contributed by atoms with Crippen molar-refractivity contribution in [1.82, 2.24) is 20.0 Å². The topological polar surface area (TPSA) is 33.1 Å². The van der Waals surface area contributed by atoms with Crippen LogP contribution in [0, 0.1) is 0 Å². The minimum Gasteiger partial charge on any atom is -0.315 e. The molecule has 1 unspecified atom stereocenters. The molecule has 20 heavy (non-hydrogen) atoms. The quantitative estimate of drug-likeness (QED) is 0.777. The van der Waals surface area contributed by atoms with Crippen LogP contribution in [0.25, 0.3) is 0 Å². The van der Waals surface area contributed by atoms with Crippen LogP contribution in [0.15, 0.2) is 6.07 Å². The Morgan fingerprint density at radius 1 is 1.35 bits per heavy atom. The molecule has 114 valence electrons. The van der Waals surface area contributed by atoms with Crippen molar-refractivity contribution >= 4 is 0 Å². The van der Waals surface area contributed by atoms with Crippen molar-refractivity contribution < 1.29 is 0 Å². The molecular formula is C16H30N4. The number of nitrogens with one attached hydrogen (secondary N) is 1. The Balaban J connectivity index is 1.95. The van der Waals surface area contributed by atoms with Gasteiger partial charge in [-0.15, -0.1) is 0 Å². The third kappa shape index (κ3) is 4.06. The molecule has 1 aromatic rings.